The van der Waals surface area contributed by atoms with Crippen LogP contribution >= 0.6 is 0 Å². The van der Waals surface area contributed by atoms with E-state index in [1.807, 2.05) is 0 Å². The highest BCUT2D eigenvalue weighted by Gasteiger charge is 2.13. The van der Waals surface area contributed by atoms with Crippen LogP contribution < -0.4 is 11.0 Å². The number of nitrogens with zero attached hydrogens (tertiary/aromatic N) is 3. The standard InChI is InChI=1S/C18H16F2N4O/c1-3-24-17(25)12-7-4-5-10-15(12)21-18(24)23-22-11(2)16-13(19)8-6-9-14(16)20/h4-10H,3H2,1-2H3,(H,21,23)/b22-11-. The number of rotatable bonds is 4. The van der Waals surface area contributed by atoms with Gasteiger partial charge in [0, 0.05) is 6.54 Å². The van der Waals surface area contributed by atoms with E-state index < -0.39 is 11.6 Å². The third-order valence-electron chi connectivity index (χ3n) is 3.83. The first kappa shape index (κ1) is 16.8. The Kier molecular flexibility index (Phi) is 4.56. The van der Waals surface area contributed by atoms with E-state index in [2.05, 4.69) is 15.5 Å². The number of halogens is 2. The second-order valence-electron chi connectivity index (χ2n) is 5.41. The number of hydrogen-bond acceptors (Lipinski definition) is 4. The Balaban J connectivity index is 2.05. The molecular weight excluding hydrogens is 326 g/mol. The molecule has 0 atom stereocenters. The smallest absolute Gasteiger partial charge is 0.262 e. The molecule has 1 heterocycles. The van der Waals surface area contributed by atoms with Gasteiger partial charge in [-0.1, -0.05) is 18.2 Å². The summed E-state index contributed by atoms with van der Waals surface area (Å²) in [4.78, 5) is 16.9. The van der Waals surface area contributed by atoms with Crippen LogP contribution in [-0.2, 0) is 6.54 Å². The van der Waals surface area contributed by atoms with Gasteiger partial charge in [0.1, 0.15) is 11.6 Å². The molecule has 0 aliphatic carbocycles. The van der Waals surface area contributed by atoms with E-state index in [9.17, 15) is 13.6 Å². The number of hydrogen-bond donors (Lipinski definition) is 1. The summed E-state index contributed by atoms with van der Waals surface area (Å²) in [5, 5.41) is 4.50. The Morgan fingerprint density at radius 1 is 1.16 bits per heavy atom. The molecule has 0 fully saturated rings. The number of hydrazone groups is 1. The van der Waals surface area contributed by atoms with Crippen LogP contribution in [0.2, 0.25) is 0 Å². The second kappa shape index (κ2) is 6.80. The SMILES string of the molecule is CCn1c(N/N=C(/C)c2c(F)cccc2F)nc2ccccc2c1=O. The molecule has 0 saturated heterocycles. The minimum Gasteiger partial charge on any atom is -0.277 e. The van der Waals surface area contributed by atoms with Crippen LogP contribution in [0.4, 0.5) is 14.7 Å². The monoisotopic (exact) mass is 342 g/mol. The molecule has 2 aromatic carbocycles. The number of para-hydroxylation sites is 1. The molecule has 0 saturated carbocycles. The largest absolute Gasteiger partial charge is 0.277 e. The fourth-order valence-electron chi connectivity index (χ4n) is 2.58. The van der Waals surface area contributed by atoms with Crippen molar-refractivity contribution >= 4 is 22.6 Å². The molecule has 3 aromatic rings. The van der Waals surface area contributed by atoms with Gasteiger partial charge >= 0.3 is 0 Å². The van der Waals surface area contributed by atoms with Crippen molar-refractivity contribution in [2.75, 3.05) is 5.43 Å². The Labute approximate surface area is 142 Å². The van der Waals surface area contributed by atoms with Crippen LogP contribution in [0.25, 0.3) is 10.9 Å². The van der Waals surface area contributed by atoms with Gasteiger partial charge in [0.05, 0.1) is 22.2 Å². The van der Waals surface area contributed by atoms with Crippen molar-refractivity contribution in [3.63, 3.8) is 0 Å². The maximum Gasteiger partial charge on any atom is 0.262 e. The lowest BCUT2D eigenvalue weighted by atomic mass is 10.1. The third-order valence-corrected chi connectivity index (χ3v) is 3.83. The first-order valence-electron chi connectivity index (χ1n) is 7.77. The number of fused-ring (bicyclic) bond motifs is 1. The third kappa shape index (κ3) is 3.13. The molecule has 1 N–H and O–H groups in total. The highest BCUT2D eigenvalue weighted by Crippen LogP contribution is 2.15. The lowest BCUT2D eigenvalue weighted by Crippen LogP contribution is -2.23. The van der Waals surface area contributed by atoms with Gasteiger partial charge in [-0.3, -0.25) is 9.36 Å². The summed E-state index contributed by atoms with van der Waals surface area (Å²) in [6.45, 7) is 3.65. The Morgan fingerprint density at radius 2 is 1.84 bits per heavy atom. The second-order valence-corrected chi connectivity index (χ2v) is 5.41. The van der Waals surface area contributed by atoms with E-state index in [4.69, 9.17) is 0 Å². The summed E-state index contributed by atoms with van der Waals surface area (Å²) in [5.41, 5.74) is 2.86. The summed E-state index contributed by atoms with van der Waals surface area (Å²) in [6.07, 6.45) is 0. The van der Waals surface area contributed by atoms with Crippen molar-refractivity contribution in [2.45, 2.75) is 20.4 Å². The summed E-state index contributed by atoms with van der Waals surface area (Å²) < 4.78 is 29.1. The normalized spacial score (nSPS) is 11.8. The van der Waals surface area contributed by atoms with Crippen LogP contribution in [0, 0.1) is 11.6 Å². The highest BCUT2D eigenvalue weighted by molar-refractivity contribution is 5.99. The van der Waals surface area contributed by atoms with E-state index in [0.717, 1.165) is 12.1 Å². The predicted molar refractivity (Wildman–Crippen MR) is 93.9 cm³/mol. The molecule has 128 valence electrons. The van der Waals surface area contributed by atoms with E-state index in [0.29, 0.717) is 17.4 Å². The first-order valence-corrected chi connectivity index (χ1v) is 7.77. The van der Waals surface area contributed by atoms with Crippen LogP contribution in [0.5, 0.6) is 0 Å². The Bertz CT molecular complexity index is 1010. The summed E-state index contributed by atoms with van der Waals surface area (Å²) in [5.74, 6) is -1.20. The minimum absolute atomic E-state index is 0.112. The van der Waals surface area contributed by atoms with Gasteiger partial charge in [-0.05, 0) is 38.1 Å². The molecule has 5 nitrogen and oxygen atoms in total. The predicted octanol–water partition coefficient (Wildman–Crippen LogP) is 3.53. The van der Waals surface area contributed by atoms with Crippen molar-refractivity contribution in [1.29, 1.82) is 0 Å². The molecule has 0 bridgehead atoms. The van der Waals surface area contributed by atoms with E-state index >= 15 is 0 Å². The number of anilines is 1. The maximum absolute atomic E-state index is 13.8. The maximum atomic E-state index is 13.8. The van der Waals surface area contributed by atoms with Crippen LogP contribution in [-0.4, -0.2) is 15.3 Å². The van der Waals surface area contributed by atoms with Gasteiger partial charge in [0.2, 0.25) is 5.95 Å². The zero-order valence-corrected chi connectivity index (χ0v) is 13.8. The van der Waals surface area contributed by atoms with Gasteiger partial charge in [0.15, 0.2) is 0 Å². The number of nitrogens with one attached hydrogen (secondary N) is 1. The number of benzene rings is 2. The Hall–Kier alpha value is -3.09. The van der Waals surface area contributed by atoms with Gasteiger partial charge < -0.3 is 0 Å². The summed E-state index contributed by atoms with van der Waals surface area (Å²) in [6, 6.07) is 10.6. The van der Waals surface area contributed by atoms with Gasteiger partial charge in [-0.2, -0.15) is 5.10 Å². The zero-order valence-electron chi connectivity index (χ0n) is 13.8. The van der Waals surface area contributed by atoms with E-state index in [1.165, 1.54) is 17.6 Å². The van der Waals surface area contributed by atoms with Crippen LogP contribution in [0.3, 0.4) is 0 Å². The average molecular weight is 342 g/mol. The van der Waals surface area contributed by atoms with Gasteiger partial charge in [-0.15, -0.1) is 0 Å². The Morgan fingerprint density at radius 3 is 2.52 bits per heavy atom. The van der Waals surface area contributed by atoms with Crippen molar-refractivity contribution in [3.8, 4) is 0 Å². The summed E-state index contributed by atoms with van der Waals surface area (Å²) >= 11 is 0. The van der Waals surface area contributed by atoms with Crippen molar-refractivity contribution in [1.82, 2.24) is 9.55 Å². The first-order chi connectivity index (χ1) is 12.0. The van der Waals surface area contributed by atoms with Gasteiger partial charge in [-0.25, -0.2) is 19.2 Å². The lowest BCUT2D eigenvalue weighted by molar-refractivity contribution is 0.579. The molecule has 25 heavy (non-hydrogen) atoms. The minimum atomic E-state index is -0.706. The fraction of sp³-hybridized carbons (Fsp3) is 0.167. The molecule has 0 radical (unpaired) electrons. The molecule has 1 aromatic heterocycles. The molecular formula is C18H16F2N4O. The topological polar surface area (TPSA) is 59.3 Å². The summed E-state index contributed by atoms with van der Waals surface area (Å²) in [7, 11) is 0. The van der Waals surface area contributed by atoms with Crippen molar-refractivity contribution in [3.05, 3.63) is 70.0 Å². The molecule has 0 aliphatic rings. The lowest BCUT2D eigenvalue weighted by Gasteiger charge is -2.11. The zero-order chi connectivity index (χ0) is 18.0. The molecule has 0 unspecified atom stereocenters. The van der Waals surface area contributed by atoms with Crippen LogP contribution in [0.1, 0.15) is 19.4 Å². The average Bonchev–Trinajstić information content (AvgIpc) is 2.60. The molecule has 0 aliphatic heterocycles. The quantitative estimate of drug-likeness (QED) is 0.583. The van der Waals surface area contributed by atoms with Gasteiger partial charge in [0.25, 0.3) is 5.56 Å². The van der Waals surface area contributed by atoms with Crippen LogP contribution in [0.15, 0.2) is 52.4 Å². The van der Waals surface area contributed by atoms with Crippen molar-refractivity contribution < 1.29 is 8.78 Å². The molecule has 3 rings (SSSR count). The number of aromatic nitrogens is 2. The fourth-order valence-corrected chi connectivity index (χ4v) is 2.58. The molecule has 0 spiro atoms. The molecule has 0 amide bonds. The van der Waals surface area contributed by atoms with Crippen molar-refractivity contribution in [2.24, 2.45) is 5.10 Å². The highest BCUT2D eigenvalue weighted by atomic mass is 19.1. The van der Waals surface area contributed by atoms with E-state index in [1.54, 1.807) is 31.2 Å². The van der Waals surface area contributed by atoms with E-state index in [-0.39, 0.29) is 22.8 Å². The molecule has 7 heteroatoms.